The Morgan fingerprint density at radius 1 is 1.11 bits per heavy atom. The van der Waals surface area contributed by atoms with Gasteiger partial charge >= 0.3 is 0 Å². The van der Waals surface area contributed by atoms with Crippen molar-refractivity contribution in [2.45, 2.75) is 10.6 Å². The van der Waals surface area contributed by atoms with Gasteiger partial charge in [0.15, 0.2) is 9.84 Å². The Balaban J connectivity index is 2.41. The minimum Gasteiger partial charge on any atom is -0.398 e. The summed E-state index contributed by atoms with van der Waals surface area (Å²) < 4.78 is 25.8. The van der Waals surface area contributed by atoms with Crippen LogP contribution in [0.4, 0.5) is 5.69 Å². The molecule has 0 unspecified atom stereocenters. The van der Waals surface area contributed by atoms with E-state index in [1.165, 1.54) is 12.1 Å². The molecule has 0 heterocycles. The van der Waals surface area contributed by atoms with E-state index in [1.807, 2.05) is 12.1 Å². The van der Waals surface area contributed by atoms with Crippen LogP contribution in [0, 0.1) is 3.57 Å². The number of nitrogen functional groups attached to an aromatic ring is 1. The highest BCUT2D eigenvalue weighted by Gasteiger charge is 2.21. The normalized spacial score (nSPS) is 11.5. The third-order valence-corrected chi connectivity index (χ3v) is 5.52. The SMILES string of the molecule is Nc1cccc(Cl)c1S(=O)(=O)Cc1ccc(I)cc1. The second-order valence-electron chi connectivity index (χ2n) is 4.04. The number of halogens is 2. The van der Waals surface area contributed by atoms with E-state index in [2.05, 4.69) is 22.6 Å². The van der Waals surface area contributed by atoms with Crippen molar-refractivity contribution in [2.24, 2.45) is 0 Å². The lowest BCUT2D eigenvalue weighted by Gasteiger charge is -2.09. The molecule has 0 saturated heterocycles. The highest BCUT2D eigenvalue weighted by molar-refractivity contribution is 14.1. The van der Waals surface area contributed by atoms with Crippen LogP contribution in [0.3, 0.4) is 0 Å². The van der Waals surface area contributed by atoms with E-state index in [1.54, 1.807) is 18.2 Å². The van der Waals surface area contributed by atoms with E-state index >= 15 is 0 Å². The summed E-state index contributed by atoms with van der Waals surface area (Å²) in [6, 6.07) is 12.0. The zero-order valence-corrected chi connectivity index (χ0v) is 13.5. The lowest BCUT2D eigenvalue weighted by atomic mass is 10.2. The fourth-order valence-electron chi connectivity index (χ4n) is 1.73. The minimum absolute atomic E-state index is 0.00946. The molecule has 0 amide bonds. The first-order valence-corrected chi connectivity index (χ1v) is 8.52. The quantitative estimate of drug-likeness (QED) is 0.626. The molecule has 6 heteroatoms. The Labute approximate surface area is 130 Å². The molecule has 0 radical (unpaired) electrons. The summed E-state index contributed by atoms with van der Waals surface area (Å²) in [5, 5.41) is 0.158. The van der Waals surface area contributed by atoms with Gasteiger partial charge in [-0.3, -0.25) is 0 Å². The van der Waals surface area contributed by atoms with Gasteiger partial charge in [0.2, 0.25) is 0 Å². The number of rotatable bonds is 3. The van der Waals surface area contributed by atoms with Gasteiger partial charge < -0.3 is 5.73 Å². The van der Waals surface area contributed by atoms with Crippen LogP contribution in [0.1, 0.15) is 5.56 Å². The molecule has 0 aliphatic heterocycles. The van der Waals surface area contributed by atoms with Gasteiger partial charge in [-0.25, -0.2) is 8.42 Å². The zero-order valence-electron chi connectivity index (χ0n) is 9.81. The van der Waals surface area contributed by atoms with E-state index in [4.69, 9.17) is 17.3 Å². The highest BCUT2D eigenvalue weighted by Crippen LogP contribution is 2.29. The molecule has 3 nitrogen and oxygen atoms in total. The Morgan fingerprint density at radius 2 is 1.74 bits per heavy atom. The molecule has 0 saturated carbocycles. The molecule has 0 spiro atoms. The molecule has 0 atom stereocenters. The molecule has 0 aliphatic carbocycles. The van der Waals surface area contributed by atoms with E-state index in [0.717, 1.165) is 3.57 Å². The molecule has 100 valence electrons. The van der Waals surface area contributed by atoms with Crippen molar-refractivity contribution in [1.29, 1.82) is 0 Å². The van der Waals surface area contributed by atoms with Gasteiger partial charge in [0, 0.05) is 3.57 Å². The summed E-state index contributed by atoms with van der Waals surface area (Å²) in [5.74, 6) is -0.113. The first-order chi connectivity index (χ1) is 8.90. The second kappa shape index (κ2) is 5.68. The molecule has 0 bridgehead atoms. The number of benzene rings is 2. The van der Waals surface area contributed by atoms with Crippen LogP contribution >= 0.6 is 34.2 Å². The smallest absolute Gasteiger partial charge is 0.186 e. The fourth-order valence-corrected chi connectivity index (χ4v) is 4.19. The lowest BCUT2D eigenvalue weighted by molar-refractivity contribution is 0.595. The number of hydrogen-bond donors (Lipinski definition) is 1. The number of anilines is 1. The van der Waals surface area contributed by atoms with Crippen molar-refractivity contribution >= 4 is 49.7 Å². The molecule has 0 aliphatic rings. The van der Waals surface area contributed by atoms with Crippen molar-refractivity contribution in [3.63, 3.8) is 0 Å². The van der Waals surface area contributed by atoms with Crippen LogP contribution in [-0.4, -0.2) is 8.42 Å². The Kier molecular flexibility index (Phi) is 4.37. The summed E-state index contributed by atoms with van der Waals surface area (Å²) >= 11 is 8.11. The van der Waals surface area contributed by atoms with Gasteiger partial charge in [0.1, 0.15) is 4.90 Å². The van der Waals surface area contributed by atoms with Crippen LogP contribution in [-0.2, 0) is 15.6 Å². The average molecular weight is 408 g/mol. The summed E-state index contributed by atoms with van der Waals surface area (Å²) in [4.78, 5) is 0.00946. The van der Waals surface area contributed by atoms with E-state index < -0.39 is 9.84 Å². The van der Waals surface area contributed by atoms with E-state index in [9.17, 15) is 8.42 Å². The van der Waals surface area contributed by atoms with Gasteiger partial charge in [-0.15, -0.1) is 0 Å². The summed E-state index contributed by atoms with van der Waals surface area (Å²) in [6.07, 6.45) is 0. The maximum Gasteiger partial charge on any atom is 0.186 e. The minimum atomic E-state index is -3.55. The maximum absolute atomic E-state index is 12.4. The predicted molar refractivity (Wildman–Crippen MR) is 85.9 cm³/mol. The first-order valence-electron chi connectivity index (χ1n) is 5.41. The van der Waals surface area contributed by atoms with Gasteiger partial charge in [0.05, 0.1) is 16.5 Å². The van der Waals surface area contributed by atoms with Crippen LogP contribution in [0.25, 0.3) is 0 Å². The summed E-state index contributed by atoms with van der Waals surface area (Å²) in [7, 11) is -3.55. The molecule has 0 aromatic heterocycles. The van der Waals surface area contributed by atoms with Crippen molar-refractivity contribution in [2.75, 3.05) is 5.73 Å². The molecule has 0 fully saturated rings. The molecule has 2 N–H and O–H groups in total. The highest BCUT2D eigenvalue weighted by atomic mass is 127. The van der Waals surface area contributed by atoms with Crippen molar-refractivity contribution in [3.8, 4) is 0 Å². The van der Waals surface area contributed by atoms with Gasteiger partial charge in [-0.2, -0.15) is 0 Å². The molecular formula is C13H11ClINO2S. The zero-order chi connectivity index (χ0) is 14.0. The monoisotopic (exact) mass is 407 g/mol. The van der Waals surface area contributed by atoms with Crippen LogP contribution in [0.15, 0.2) is 47.4 Å². The predicted octanol–water partition coefficient (Wildman–Crippen LogP) is 3.50. The number of sulfone groups is 1. The molecule has 19 heavy (non-hydrogen) atoms. The number of nitrogens with two attached hydrogens (primary N) is 1. The second-order valence-corrected chi connectivity index (χ2v) is 7.62. The molecule has 2 aromatic carbocycles. The standard InChI is InChI=1S/C13H11ClINO2S/c14-11-2-1-3-12(16)13(11)19(17,18)8-9-4-6-10(15)7-5-9/h1-7H,8,16H2. The molecular weight excluding hydrogens is 397 g/mol. The van der Waals surface area contributed by atoms with E-state index in [0.29, 0.717) is 5.56 Å². The van der Waals surface area contributed by atoms with E-state index in [-0.39, 0.29) is 21.4 Å². The largest absolute Gasteiger partial charge is 0.398 e. The van der Waals surface area contributed by atoms with Crippen molar-refractivity contribution in [3.05, 3.63) is 56.6 Å². The van der Waals surface area contributed by atoms with Gasteiger partial charge in [0.25, 0.3) is 0 Å². The average Bonchev–Trinajstić information content (AvgIpc) is 2.31. The maximum atomic E-state index is 12.4. The van der Waals surface area contributed by atoms with Crippen LogP contribution in [0.2, 0.25) is 5.02 Å². The Morgan fingerprint density at radius 3 is 2.32 bits per heavy atom. The topological polar surface area (TPSA) is 60.2 Å². The Hall–Kier alpha value is -0.790. The third kappa shape index (κ3) is 3.40. The van der Waals surface area contributed by atoms with Crippen LogP contribution in [0.5, 0.6) is 0 Å². The van der Waals surface area contributed by atoms with Crippen molar-refractivity contribution < 1.29 is 8.42 Å². The first kappa shape index (κ1) is 14.6. The van der Waals surface area contributed by atoms with Gasteiger partial charge in [-0.1, -0.05) is 29.8 Å². The summed E-state index contributed by atoms with van der Waals surface area (Å²) in [5.41, 5.74) is 6.61. The number of hydrogen-bond acceptors (Lipinski definition) is 3. The third-order valence-electron chi connectivity index (χ3n) is 2.58. The fraction of sp³-hybridized carbons (Fsp3) is 0.0769. The molecule has 2 rings (SSSR count). The van der Waals surface area contributed by atoms with Gasteiger partial charge in [-0.05, 0) is 52.4 Å². The lowest BCUT2D eigenvalue weighted by Crippen LogP contribution is -2.08. The van der Waals surface area contributed by atoms with Crippen molar-refractivity contribution in [1.82, 2.24) is 0 Å². The van der Waals surface area contributed by atoms with Crippen LogP contribution < -0.4 is 5.73 Å². The Bertz CT molecular complexity index is 679. The summed E-state index contributed by atoms with van der Waals surface area (Å²) in [6.45, 7) is 0. The molecule has 2 aromatic rings.